The van der Waals surface area contributed by atoms with Crippen LogP contribution >= 0.6 is 0 Å². The molecule has 5 heteroatoms. The summed E-state index contributed by atoms with van der Waals surface area (Å²) in [5, 5.41) is 12.3. The molecule has 0 saturated heterocycles. The van der Waals surface area contributed by atoms with Crippen LogP contribution in [0.5, 0.6) is 0 Å². The van der Waals surface area contributed by atoms with Crippen LogP contribution < -0.4 is 10.2 Å². The van der Waals surface area contributed by atoms with Gasteiger partial charge in [-0.15, -0.1) is 0 Å². The number of carboxylic acids is 1. The maximum atomic E-state index is 11.0. The molecule has 0 spiro atoms. The van der Waals surface area contributed by atoms with Gasteiger partial charge < -0.3 is 15.3 Å². The molecule has 0 bridgehead atoms. The number of rotatable bonds is 3. The Morgan fingerprint density at radius 2 is 2.30 bits per heavy atom. The van der Waals surface area contributed by atoms with E-state index in [1.807, 2.05) is 24.4 Å². The van der Waals surface area contributed by atoms with Crippen molar-refractivity contribution in [1.82, 2.24) is 4.98 Å². The van der Waals surface area contributed by atoms with Gasteiger partial charge >= 0.3 is 5.97 Å². The summed E-state index contributed by atoms with van der Waals surface area (Å²) in [6.45, 7) is 2.46. The molecule has 0 saturated carbocycles. The lowest BCUT2D eigenvalue weighted by Gasteiger charge is -2.32. The molecule has 20 heavy (non-hydrogen) atoms. The quantitative estimate of drug-likeness (QED) is 0.894. The van der Waals surface area contributed by atoms with E-state index >= 15 is 0 Å². The van der Waals surface area contributed by atoms with E-state index in [1.54, 1.807) is 18.3 Å². The third-order valence-corrected chi connectivity index (χ3v) is 3.38. The zero-order chi connectivity index (χ0) is 13.9. The highest BCUT2D eigenvalue weighted by atomic mass is 16.4. The Bertz CT molecular complexity index is 628. The van der Waals surface area contributed by atoms with E-state index < -0.39 is 5.97 Å². The van der Waals surface area contributed by atoms with Crippen LogP contribution in [0.4, 0.5) is 11.4 Å². The molecule has 2 N–H and O–H groups in total. The molecule has 1 aliphatic heterocycles. The van der Waals surface area contributed by atoms with E-state index in [9.17, 15) is 4.79 Å². The van der Waals surface area contributed by atoms with Crippen LogP contribution in [0.3, 0.4) is 0 Å². The van der Waals surface area contributed by atoms with Crippen LogP contribution in [0.1, 0.15) is 15.9 Å². The smallest absolute Gasteiger partial charge is 0.335 e. The standard InChI is InChI=1S/C15H15N3O2/c19-15(20)12-3-4-14-13(8-12)17-6-7-18(14)10-11-2-1-5-16-9-11/h1-5,8-9,17H,6-7,10H2,(H,19,20). The van der Waals surface area contributed by atoms with Gasteiger partial charge in [0.05, 0.1) is 16.9 Å². The SMILES string of the molecule is O=C(O)c1ccc2c(c1)NCCN2Cc1cccnc1. The molecule has 0 unspecified atom stereocenters. The molecule has 3 rings (SSSR count). The number of carbonyl (C=O) groups is 1. The number of benzene rings is 1. The Balaban J connectivity index is 1.88. The fourth-order valence-electron chi connectivity index (χ4n) is 2.41. The molecule has 102 valence electrons. The van der Waals surface area contributed by atoms with Crippen LogP contribution in [-0.2, 0) is 6.54 Å². The first-order chi connectivity index (χ1) is 9.74. The van der Waals surface area contributed by atoms with E-state index in [0.717, 1.165) is 36.6 Å². The van der Waals surface area contributed by atoms with Crippen LogP contribution in [0.2, 0.25) is 0 Å². The van der Waals surface area contributed by atoms with E-state index in [-0.39, 0.29) is 0 Å². The van der Waals surface area contributed by atoms with Gasteiger partial charge in [0.25, 0.3) is 0 Å². The van der Waals surface area contributed by atoms with E-state index in [1.165, 1.54) is 0 Å². The summed E-state index contributed by atoms with van der Waals surface area (Å²) >= 11 is 0. The number of aromatic nitrogens is 1. The lowest BCUT2D eigenvalue weighted by atomic mass is 10.1. The number of carboxylic acid groups (broad SMARTS) is 1. The van der Waals surface area contributed by atoms with Gasteiger partial charge in [0, 0.05) is 32.0 Å². The monoisotopic (exact) mass is 269 g/mol. The van der Waals surface area contributed by atoms with Crippen LogP contribution in [-0.4, -0.2) is 29.1 Å². The number of hydrogen-bond acceptors (Lipinski definition) is 4. The van der Waals surface area contributed by atoms with Crippen molar-refractivity contribution in [2.45, 2.75) is 6.54 Å². The Hall–Kier alpha value is -2.56. The predicted molar refractivity (Wildman–Crippen MR) is 77.2 cm³/mol. The number of fused-ring (bicyclic) bond motifs is 1. The molecule has 0 aliphatic carbocycles. The van der Waals surface area contributed by atoms with Gasteiger partial charge in [-0.2, -0.15) is 0 Å². The number of nitrogens with zero attached hydrogens (tertiary/aromatic N) is 2. The Morgan fingerprint density at radius 1 is 1.40 bits per heavy atom. The second-order valence-corrected chi connectivity index (χ2v) is 4.75. The zero-order valence-corrected chi connectivity index (χ0v) is 10.9. The number of anilines is 2. The van der Waals surface area contributed by atoms with E-state index in [4.69, 9.17) is 5.11 Å². The minimum atomic E-state index is -0.904. The highest BCUT2D eigenvalue weighted by Gasteiger charge is 2.18. The summed E-state index contributed by atoms with van der Waals surface area (Å²) in [5.74, 6) is -0.904. The maximum Gasteiger partial charge on any atom is 0.335 e. The van der Waals surface area contributed by atoms with Crippen LogP contribution in [0, 0.1) is 0 Å². The molecule has 0 fully saturated rings. The van der Waals surface area contributed by atoms with Crippen molar-refractivity contribution in [3.05, 3.63) is 53.9 Å². The largest absolute Gasteiger partial charge is 0.478 e. The maximum absolute atomic E-state index is 11.0. The summed E-state index contributed by atoms with van der Waals surface area (Å²) in [6, 6.07) is 9.16. The fraction of sp³-hybridized carbons (Fsp3) is 0.200. The van der Waals surface area contributed by atoms with Gasteiger partial charge in [0.1, 0.15) is 0 Å². The van der Waals surface area contributed by atoms with Crippen molar-refractivity contribution in [2.75, 3.05) is 23.3 Å². The molecule has 0 amide bonds. The minimum absolute atomic E-state index is 0.305. The Morgan fingerprint density at radius 3 is 3.05 bits per heavy atom. The van der Waals surface area contributed by atoms with Crippen molar-refractivity contribution in [3.63, 3.8) is 0 Å². The summed E-state index contributed by atoms with van der Waals surface area (Å²) in [7, 11) is 0. The molecule has 1 aromatic carbocycles. The lowest BCUT2D eigenvalue weighted by Crippen LogP contribution is -2.33. The summed E-state index contributed by atoms with van der Waals surface area (Å²) in [6.07, 6.45) is 3.61. The molecule has 0 radical (unpaired) electrons. The first kappa shape index (κ1) is 12.5. The topological polar surface area (TPSA) is 65.5 Å². The first-order valence-electron chi connectivity index (χ1n) is 6.49. The molecule has 2 heterocycles. The van der Waals surface area contributed by atoms with Crippen molar-refractivity contribution >= 4 is 17.3 Å². The zero-order valence-electron chi connectivity index (χ0n) is 10.9. The molecule has 5 nitrogen and oxygen atoms in total. The number of pyridine rings is 1. The highest BCUT2D eigenvalue weighted by Crippen LogP contribution is 2.31. The number of hydrogen-bond donors (Lipinski definition) is 2. The fourth-order valence-corrected chi connectivity index (χ4v) is 2.41. The first-order valence-corrected chi connectivity index (χ1v) is 6.49. The lowest BCUT2D eigenvalue weighted by molar-refractivity contribution is 0.0697. The molecule has 1 aliphatic rings. The average molecular weight is 269 g/mol. The van der Waals surface area contributed by atoms with Crippen molar-refractivity contribution < 1.29 is 9.90 Å². The van der Waals surface area contributed by atoms with Gasteiger partial charge in [-0.25, -0.2) is 4.79 Å². The number of aromatic carboxylic acids is 1. The van der Waals surface area contributed by atoms with Gasteiger partial charge in [-0.3, -0.25) is 4.98 Å². The van der Waals surface area contributed by atoms with E-state index in [2.05, 4.69) is 15.2 Å². The highest BCUT2D eigenvalue weighted by molar-refractivity contribution is 5.91. The summed E-state index contributed by atoms with van der Waals surface area (Å²) in [4.78, 5) is 17.4. The van der Waals surface area contributed by atoms with Crippen LogP contribution in [0.15, 0.2) is 42.7 Å². The Kier molecular flexibility index (Phi) is 3.25. The molecule has 1 aromatic heterocycles. The molecular weight excluding hydrogens is 254 g/mol. The average Bonchev–Trinajstić information content (AvgIpc) is 2.48. The molecular formula is C15H15N3O2. The minimum Gasteiger partial charge on any atom is -0.478 e. The molecule has 2 aromatic rings. The van der Waals surface area contributed by atoms with Crippen molar-refractivity contribution in [3.8, 4) is 0 Å². The molecule has 0 atom stereocenters. The normalized spacial score (nSPS) is 13.5. The van der Waals surface area contributed by atoms with Gasteiger partial charge in [-0.05, 0) is 29.8 Å². The van der Waals surface area contributed by atoms with Gasteiger partial charge in [0.2, 0.25) is 0 Å². The predicted octanol–water partition coefficient (Wildman–Crippen LogP) is 2.21. The number of nitrogens with one attached hydrogen (secondary N) is 1. The third kappa shape index (κ3) is 2.42. The summed E-state index contributed by atoms with van der Waals surface area (Å²) < 4.78 is 0. The Labute approximate surface area is 116 Å². The van der Waals surface area contributed by atoms with Crippen molar-refractivity contribution in [2.24, 2.45) is 0 Å². The third-order valence-electron chi connectivity index (χ3n) is 3.38. The van der Waals surface area contributed by atoms with Crippen LogP contribution in [0.25, 0.3) is 0 Å². The summed E-state index contributed by atoms with van der Waals surface area (Å²) in [5.41, 5.74) is 3.35. The van der Waals surface area contributed by atoms with Gasteiger partial charge in [-0.1, -0.05) is 6.07 Å². The van der Waals surface area contributed by atoms with Crippen molar-refractivity contribution in [1.29, 1.82) is 0 Å². The second kappa shape index (κ2) is 5.21. The second-order valence-electron chi connectivity index (χ2n) is 4.75. The van der Waals surface area contributed by atoms with E-state index in [0.29, 0.717) is 5.56 Å². The van der Waals surface area contributed by atoms with Gasteiger partial charge in [0.15, 0.2) is 0 Å².